The van der Waals surface area contributed by atoms with E-state index in [1.807, 2.05) is 32.0 Å². The van der Waals surface area contributed by atoms with E-state index in [9.17, 15) is 9.59 Å². The van der Waals surface area contributed by atoms with E-state index < -0.39 is 5.25 Å². The van der Waals surface area contributed by atoms with Gasteiger partial charge in [-0.15, -0.1) is 0 Å². The zero-order chi connectivity index (χ0) is 21.1. The summed E-state index contributed by atoms with van der Waals surface area (Å²) in [5, 5.41) is 3.42. The minimum atomic E-state index is -0.534. The molecule has 0 saturated carbocycles. The maximum Gasteiger partial charge on any atom is 0.242 e. The standard InChI is InChI=1S/C21H22ClN3O3S/c1-12-6-5-7-13(2)19(12)24-18(26)11-17-20(27)25(3)21(29-17)23-15-10-14(22)8-9-16(15)28-4/h5-10,17H,11H2,1-4H3,(H,24,26). The van der Waals surface area contributed by atoms with Crippen molar-refractivity contribution in [1.29, 1.82) is 0 Å². The number of hydrogen-bond donors (Lipinski definition) is 1. The second-order valence-corrected chi connectivity index (χ2v) is 8.34. The number of nitrogens with one attached hydrogen (secondary N) is 1. The van der Waals surface area contributed by atoms with E-state index >= 15 is 0 Å². The minimum absolute atomic E-state index is 0.0628. The van der Waals surface area contributed by atoms with Crippen LogP contribution in [0.2, 0.25) is 5.02 Å². The predicted molar refractivity (Wildman–Crippen MR) is 118 cm³/mol. The van der Waals surface area contributed by atoms with Crippen LogP contribution in [0.4, 0.5) is 11.4 Å². The maximum absolute atomic E-state index is 12.6. The van der Waals surface area contributed by atoms with Gasteiger partial charge >= 0.3 is 0 Å². The molecule has 2 aromatic carbocycles. The molecule has 8 heteroatoms. The maximum atomic E-state index is 12.6. The fourth-order valence-corrected chi connectivity index (χ4v) is 4.33. The lowest BCUT2D eigenvalue weighted by atomic mass is 10.1. The lowest BCUT2D eigenvalue weighted by Gasteiger charge is -2.12. The van der Waals surface area contributed by atoms with Gasteiger partial charge in [0.05, 0.1) is 7.11 Å². The Morgan fingerprint density at radius 1 is 1.28 bits per heavy atom. The van der Waals surface area contributed by atoms with Crippen LogP contribution in [0.5, 0.6) is 5.75 Å². The summed E-state index contributed by atoms with van der Waals surface area (Å²) < 4.78 is 5.31. The first-order valence-corrected chi connectivity index (χ1v) is 10.3. The summed E-state index contributed by atoms with van der Waals surface area (Å²) >= 11 is 7.32. The molecule has 1 heterocycles. The highest BCUT2D eigenvalue weighted by molar-refractivity contribution is 8.15. The van der Waals surface area contributed by atoms with Gasteiger partial charge in [0.1, 0.15) is 16.7 Å². The van der Waals surface area contributed by atoms with Gasteiger partial charge < -0.3 is 10.1 Å². The fourth-order valence-electron chi connectivity index (χ4n) is 3.02. The van der Waals surface area contributed by atoms with Gasteiger partial charge in [-0.3, -0.25) is 14.5 Å². The van der Waals surface area contributed by atoms with Crippen molar-refractivity contribution >= 4 is 51.7 Å². The second kappa shape index (κ2) is 8.88. The van der Waals surface area contributed by atoms with Crippen LogP contribution in [0, 0.1) is 13.8 Å². The molecule has 2 amide bonds. The number of thioether (sulfide) groups is 1. The van der Waals surface area contributed by atoms with Crippen molar-refractivity contribution in [2.75, 3.05) is 19.5 Å². The zero-order valence-electron chi connectivity index (χ0n) is 16.7. The number of benzene rings is 2. The molecule has 0 aliphatic carbocycles. The zero-order valence-corrected chi connectivity index (χ0v) is 18.2. The monoisotopic (exact) mass is 431 g/mol. The van der Waals surface area contributed by atoms with Crippen molar-refractivity contribution < 1.29 is 14.3 Å². The van der Waals surface area contributed by atoms with Crippen LogP contribution in [0.1, 0.15) is 17.5 Å². The first kappa shape index (κ1) is 21.2. The van der Waals surface area contributed by atoms with E-state index in [0.717, 1.165) is 16.8 Å². The van der Waals surface area contributed by atoms with E-state index in [2.05, 4.69) is 10.3 Å². The highest BCUT2D eigenvalue weighted by atomic mass is 35.5. The van der Waals surface area contributed by atoms with Gasteiger partial charge in [-0.2, -0.15) is 0 Å². The molecule has 1 unspecified atom stereocenters. The summed E-state index contributed by atoms with van der Waals surface area (Å²) in [7, 11) is 3.19. The Bertz CT molecular complexity index is 973. The molecule has 29 heavy (non-hydrogen) atoms. The number of halogens is 1. The predicted octanol–water partition coefficient (Wildman–Crippen LogP) is 4.56. The molecule has 0 aromatic heterocycles. The van der Waals surface area contributed by atoms with E-state index in [-0.39, 0.29) is 18.2 Å². The van der Waals surface area contributed by atoms with E-state index in [4.69, 9.17) is 16.3 Å². The minimum Gasteiger partial charge on any atom is -0.494 e. The lowest BCUT2D eigenvalue weighted by Crippen LogP contribution is -2.30. The molecule has 1 fully saturated rings. The van der Waals surface area contributed by atoms with Crippen LogP contribution in [-0.4, -0.2) is 41.3 Å². The van der Waals surface area contributed by atoms with Crippen molar-refractivity contribution in [3.05, 3.63) is 52.5 Å². The van der Waals surface area contributed by atoms with E-state index in [0.29, 0.717) is 21.6 Å². The summed E-state index contributed by atoms with van der Waals surface area (Å²) in [4.78, 5) is 31.2. The number of carbonyl (C=O) groups excluding carboxylic acids is 2. The Kier molecular flexibility index (Phi) is 6.49. The van der Waals surface area contributed by atoms with Crippen molar-refractivity contribution in [3.63, 3.8) is 0 Å². The van der Waals surface area contributed by atoms with Crippen LogP contribution in [-0.2, 0) is 9.59 Å². The lowest BCUT2D eigenvalue weighted by molar-refractivity contribution is -0.127. The number of rotatable bonds is 5. The van der Waals surface area contributed by atoms with E-state index in [1.54, 1.807) is 32.4 Å². The number of ether oxygens (including phenoxy) is 1. The van der Waals surface area contributed by atoms with Gasteiger partial charge in [0.15, 0.2) is 5.17 Å². The molecule has 6 nitrogen and oxygen atoms in total. The van der Waals surface area contributed by atoms with Crippen LogP contribution >= 0.6 is 23.4 Å². The van der Waals surface area contributed by atoms with Gasteiger partial charge in [0, 0.05) is 24.2 Å². The number of amides is 2. The molecular formula is C21H22ClN3O3S. The van der Waals surface area contributed by atoms with E-state index in [1.165, 1.54) is 16.7 Å². The van der Waals surface area contributed by atoms with Crippen LogP contribution in [0.3, 0.4) is 0 Å². The second-order valence-electron chi connectivity index (χ2n) is 6.73. The molecule has 2 aromatic rings. The van der Waals surface area contributed by atoms with Gasteiger partial charge in [-0.1, -0.05) is 41.6 Å². The number of hydrogen-bond acceptors (Lipinski definition) is 5. The van der Waals surface area contributed by atoms with Crippen molar-refractivity contribution in [2.45, 2.75) is 25.5 Å². The Morgan fingerprint density at radius 2 is 1.97 bits per heavy atom. The Hall–Kier alpha value is -2.51. The molecule has 1 N–H and O–H groups in total. The normalized spacial score (nSPS) is 17.7. The largest absolute Gasteiger partial charge is 0.494 e. The molecule has 0 bridgehead atoms. The molecular weight excluding hydrogens is 410 g/mol. The average Bonchev–Trinajstić information content (AvgIpc) is 2.93. The van der Waals surface area contributed by atoms with Crippen LogP contribution in [0.25, 0.3) is 0 Å². The van der Waals surface area contributed by atoms with Crippen molar-refractivity contribution in [3.8, 4) is 5.75 Å². The number of aryl methyl sites for hydroxylation is 2. The van der Waals surface area contributed by atoms with Gasteiger partial charge in [0.2, 0.25) is 11.8 Å². The smallest absolute Gasteiger partial charge is 0.242 e. The molecule has 1 saturated heterocycles. The number of anilines is 1. The molecule has 1 atom stereocenters. The SMILES string of the molecule is COc1ccc(Cl)cc1N=C1SC(CC(=O)Nc2c(C)cccc2C)C(=O)N1C. The highest BCUT2D eigenvalue weighted by Gasteiger charge is 2.37. The fraction of sp³-hybridized carbons (Fsp3) is 0.286. The number of amidine groups is 1. The average molecular weight is 432 g/mol. The Labute approximate surface area is 179 Å². The first-order chi connectivity index (χ1) is 13.8. The number of carbonyl (C=O) groups is 2. The summed E-state index contributed by atoms with van der Waals surface area (Å²) in [6.45, 7) is 3.88. The molecule has 1 aliphatic rings. The topological polar surface area (TPSA) is 71.0 Å². The van der Waals surface area contributed by atoms with Crippen molar-refractivity contribution in [1.82, 2.24) is 4.90 Å². The number of aliphatic imine (C=N–C) groups is 1. The van der Waals surface area contributed by atoms with Crippen molar-refractivity contribution in [2.24, 2.45) is 4.99 Å². The van der Waals surface area contributed by atoms with Gasteiger partial charge in [-0.05, 0) is 43.2 Å². The summed E-state index contributed by atoms with van der Waals surface area (Å²) in [5.74, 6) is 0.189. The number of nitrogens with zero attached hydrogens (tertiary/aromatic N) is 2. The first-order valence-electron chi connectivity index (χ1n) is 9.02. The van der Waals surface area contributed by atoms with Crippen LogP contribution < -0.4 is 10.1 Å². The van der Waals surface area contributed by atoms with Gasteiger partial charge in [0.25, 0.3) is 0 Å². The third kappa shape index (κ3) is 4.74. The third-order valence-electron chi connectivity index (χ3n) is 4.61. The Morgan fingerprint density at radius 3 is 2.62 bits per heavy atom. The molecule has 0 radical (unpaired) electrons. The summed E-state index contributed by atoms with van der Waals surface area (Å²) in [6, 6.07) is 10.9. The summed E-state index contributed by atoms with van der Waals surface area (Å²) in [6.07, 6.45) is 0.0628. The number of methoxy groups -OCH3 is 1. The van der Waals surface area contributed by atoms with Gasteiger partial charge in [-0.25, -0.2) is 4.99 Å². The quantitative estimate of drug-likeness (QED) is 0.753. The number of para-hydroxylation sites is 1. The molecule has 152 valence electrons. The Balaban J connectivity index is 1.75. The summed E-state index contributed by atoms with van der Waals surface area (Å²) in [5.41, 5.74) is 3.29. The third-order valence-corrected chi connectivity index (χ3v) is 6.08. The molecule has 1 aliphatic heterocycles. The molecule has 3 rings (SSSR count). The van der Waals surface area contributed by atoms with Crippen LogP contribution in [0.15, 0.2) is 41.4 Å². The molecule has 0 spiro atoms. The highest BCUT2D eigenvalue weighted by Crippen LogP contribution is 2.35.